The molecule has 2 fully saturated rings. The van der Waals surface area contributed by atoms with Gasteiger partial charge < -0.3 is 9.80 Å². The number of piperidine rings is 1. The Labute approximate surface area is 185 Å². The van der Waals surface area contributed by atoms with Gasteiger partial charge in [0, 0.05) is 48.8 Å². The lowest BCUT2D eigenvalue weighted by Gasteiger charge is -2.31. The zero-order valence-electron chi connectivity index (χ0n) is 16.4. The molecule has 2 heterocycles. The summed E-state index contributed by atoms with van der Waals surface area (Å²) in [6.45, 7) is 1.79. The highest BCUT2D eigenvalue weighted by molar-refractivity contribution is 6.42. The minimum Gasteiger partial charge on any atom is -0.339 e. The molecule has 0 spiro atoms. The van der Waals surface area contributed by atoms with Crippen LogP contribution in [-0.4, -0.2) is 42.1 Å². The van der Waals surface area contributed by atoms with E-state index in [1.165, 1.54) is 0 Å². The molecule has 2 aliphatic rings. The van der Waals surface area contributed by atoms with Crippen LogP contribution < -0.4 is 4.90 Å². The van der Waals surface area contributed by atoms with E-state index in [0.29, 0.717) is 53.5 Å². The maximum absolute atomic E-state index is 12.9. The highest BCUT2D eigenvalue weighted by atomic mass is 35.5. The summed E-state index contributed by atoms with van der Waals surface area (Å²) in [5, 5.41) is 0.794. The number of Topliss-reactive ketones (excluding diaryl/α,β-unsaturated/α-hetero) is 1. The van der Waals surface area contributed by atoms with Crippen LogP contribution in [0.3, 0.4) is 0 Å². The largest absolute Gasteiger partial charge is 0.339 e. The molecule has 0 saturated carbocycles. The molecule has 0 atom stereocenters. The van der Waals surface area contributed by atoms with Crippen LogP contribution in [0.15, 0.2) is 42.5 Å². The van der Waals surface area contributed by atoms with E-state index < -0.39 is 0 Å². The quantitative estimate of drug-likeness (QED) is 0.632. The number of benzene rings is 2. The highest BCUT2D eigenvalue weighted by Crippen LogP contribution is 2.28. The topological polar surface area (TPSA) is 57.7 Å². The number of halogens is 2. The van der Waals surface area contributed by atoms with Crippen molar-refractivity contribution >= 4 is 46.5 Å². The number of ketones is 1. The maximum atomic E-state index is 12.9. The number of nitrogens with zero attached hydrogens (tertiary/aromatic N) is 2. The Morgan fingerprint density at radius 2 is 1.53 bits per heavy atom. The normalized spacial score (nSPS) is 17.5. The van der Waals surface area contributed by atoms with Crippen LogP contribution in [0.2, 0.25) is 10.0 Å². The van der Waals surface area contributed by atoms with Gasteiger partial charge in [0.05, 0.1) is 10.0 Å². The number of hydrogen-bond acceptors (Lipinski definition) is 3. The summed E-state index contributed by atoms with van der Waals surface area (Å²) in [4.78, 5) is 41.0. The summed E-state index contributed by atoms with van der Waals surface area (Å²) < 4.78 is 0. The third-order valence-electron chi connectivity index (χ3n) is 5.86. The van der Waals surface area contributed by atoms with Crippen LogP contribution in [-0.2, 0) is 4.79 Å². The number of carbonyl (C=O) groups is 3. The third kappa shape index (κ3) is 4.23. The van der Waals surface area contributed by atoms with Crippen molar-refractivity contribution in [2.45, 2.75) is 25.7 Å². The van der Waals surface area contributed by atoms with Gasteiger partial charge in [0.15, 0.2) is 5.78 Å². The number of hydrogen-bond donors (Lipinski definition) is 0. The molecular weight excluding hydrogens is 423 g/mol. The van der Waals surface area contributed by atoms with Gasteiger partial charge in [-0.15, -0.1) is 0 Å². The minimum absolute atomic E-state index is 0.0419. The molecule has 0 radical (unpaired) electrons. The summed E-state index contributed by atoms with van der Waals surface area (Å²) in [6, 6.07) is 12.1. The Morgan fingerprint density at radius 3 is 2.13 bits per heavy atom. The number of carbonyl (C=O) groups excluding carboxylic acids is 3. The summed E-state index contributed by atoms with van der Waals surface area (Å²) in [5.41, 5.74) is 1.99. The first kappa shape index (κ1) is 20.9. The van der Waals surface area contributed by atoms with Gasteiger partial charge in [0.2, 0.25) is 5.91 Å². The van der Waals surface area contributed by atoms with E-state index in [0.717, 1.165) is 18.7 Å². The lowest BCUT2D eigenvalue weighted by Crippen LogP contribution is -2.40. The van der Waals surface area contributed by atoms with Gasteiger partial charge in [-0.2, -0.15) is 0 Å². The van der Waals surface area contributed by atoms with Crippen molar-refractivity contribution in [1.82, 2.24) is 4.90 Å². The zero-order chi connectivity index (χ0) is 21.3. The first-order valence-electron chi connectivity index (χ1n) is 10.1. The van der Waals surface area contributed by atoms with Crippen molar-refractivity contribution in [2.24, 2.45) is 5.92 Å². The smallest absolute Gasteiger partial charge is 0.253 e. The number of likely N-dealkylation sites (tertiary alicyclic amines) is 1. The molecule has 2 amide bonds. The second-order valence-electron chi connectivity index (χ2n) is 7.76. The summed E-state index contributed by atoms with van der Waals surface area (Å²) >= 11 is 12.0. The number of rotatable bonds is 4. The number of amides is 2. The van der Waals surface area contributed by atoms with Gasteiger partial charge in [-0.1, -0.05) is 23.2 Å². The molecule has 0 aliphatic carbocycles. The molecular formula is C23H22Cl2N2O3. The van der Waals surface area contributed by atoms with Crippen LogP contribution in [0.4, 0.5) is 5.69 Å². The monoisotopic (exact) mass is 444 g/mol. The molecule has 2 aromatic rings. The van der Waals surface area contributed by atoms with Crippen molar-refractivity contribution in [3.63, 3.8) is 0 Å². The molecule has 0 aromatic heterocycles. The Kier molecular flexibility index (Phi) is 6.11. The third-order valence-corrected chi connectivity index (χ3v) is 6.60. The van der Waals surface area contributed by atoms with E-state index in [2.05, 4.69) is 0 Å². The molecule has 5 nitrogen and oxygen atoms in total. The lowest BCUT2D eigenvalue weighted by atomic mass is 9.88. The van der Waals surface area contributed by atoms with E-state index in [4.69, 9.17) is 23.2 Å². The van der Waals surface area contributed by atoms with Crippen molar-refractivity contribution in [3.8, 4) is 0 Å². The van der Waals surface area contributed by atoms with Crippen molar-refractivity contribution in [3.05, 3.63) is 63.6 Å². The van der Waals surface area contributed by atoms with Gasteiger partial charge >= 0.3 is 0 Å². The van der Waals surface area contributed by atoms with Gasteiger partial charge in [-0.3, -0.25) is 14.4 Å². The van der Waals surface area contributed by atoms with Crippen LogP contribution in [0.25, 0.3) is 0 Å². The fourth-order valence-corrected chi connectivity index (χ4v) is 4.42. The van der Waals surface area contributed by atoms with E-state index in [-0.39, 0.29) is 23.5 Å². The van der Waals surface area contributed by atoms with Gasteiger partial charge in [0.1, 0.15) is 0 Å². The second-order valence-corrected chi connectivity index (χ2v) is 8.57. The van der Waals surface area contributed by atoms with Crippen LogP contribution >= 0.6 is 23.2 Å². The van der Waals surface area contributed by atoms with Crippen molar-refractivity contribution in [1.29, 1.82) is 0 Å². The van der Waals surface area contributed by atoms with E-state index in [1.54, 1.807) is 40.1 Å². The SMILES string of the molecule is O=C(c1ccc(Cl)c(Cl)c1)C1CCN(C(=O)c2ccc(N3CCCC3=O)cc2)CC1. The average molecular weight is 445 g/mol. The standard InChI is InChI=1S/C23H22Cl2N2O3/c24-19-8-5-17(14-20(19)25)22(29)15-9-12-26(13-10-15)23(30)16-3-6-18(7-4-16)27-11-1-2-21(27)28/h3-8,14-15H,1-2,9-13H2. The molecule has 7 heteroatoms. The Bertz CT molecular complexity index is 982. The first-order valence-corrected chi connectivity index (χ1v) is 10.9. The van der Waals surface area contributed by atoms with Crippen LogP contribution in [0.1, 0.15) is 46.4 Å². The summed E-state index contributed by atoms with van der Waals surface area (Å²) in [7, 11) is 0. The Morgan fingerprint density at radius 1 is 0.867 bits per heavy atom. The number of anilines is 1. The minimum atomic E-state index is -0.130. The average Bonchev–Trinajstić information content (AvgIpc) is 3.21. The van der Waals surface area contributed by atoms with Gasteiger partial charge in [-0.05, 0) is 61.7 Å². The Balaban J connectivity index is 1.36. The first-order chi connectivity index (χ1) is 14.4. The molecule has 2 aliphatic heterocycles. The van der Waals surface area contributed by atoms with Crippen LogP contribution in [0, 0.1) is 5.92 Å². The van der Waals surface area contributed by atoms with Crippen molar-refractivity contribution in [2.75, 3.05) is 24.5 Å². The molecule has 0 unspecified atom stereocenters. The predicted molar refractivity (Wildman–Crippen MR) is 117 cm³/mol. The second kappa shape index (κ2) is 8.78. The fourth-order valence-electron chi connectivity index (χ4n) is 4.12. The molecule has 156 valence electrons. The molecule has 0 N–H and O–H groups in total. The summed E-state index contributed by atoms with van der Waals surface area (Å²) in [6.07, 6.45) is 2.68. The van der Waals surface area contributed by atoms with E-state index in [9.17, 15) is 14.4 Å². The van der Waals surface area contributed by atoms with E-state index in [1.807, 2.05) is 12.1 Å². The van der Waals surface area contributed by atoms with Crippen LogP contribution in [0.5, 0.6) is 0 Å². The fraction of sp³-hybridized carbons (Fsp3) is 0.348. The van der Waals surface area contributed by atoms with Gasteiger partial charge in [0.25, 0.3) is 5.91 Å². The molecule has 2 saturated heterocycles. The van der Waals surface area contributed by atoms with Gasteiger partial charge in [-0.25, -0.2) is 0 Å². The Hall–Kier alpha value is -2.37. The zero-order valence-corrected chi connectivity index (χ0v) is 18.0. The molecule has 2 aromatic carbocycles. The molecule has 0 bridgehead atoms. The molecule has 30 heavy (non-hydrogen) atoms. The maximum Gasteiger partial charge on any atom is 0.253 e. The van der Waals surface area contributed by atoms with Crippen molar-refractivity contribution < 1.29 is 14.4 Å². The van der Waals surface area contributed by atoms with E-state index >= 15 is 0 Å². The molecule has 4 rings (SSSR count). The summed E-state index contributed by atoms with van der Waals surface area (Å²) in [5.74, 6) is -0.00679. The predicted octanol–water partition coefficient (Wildman–Crippen LogP) is 4.86. The highest BCUT2D eigenvalue weighted by Gasteiger charge is 2.29. The lowest BCUT2D eigenvalue weighted by molar-refractivity contribution is -0.117.